The highest BCUT2D eigenvalue weighted by molar-refractivity contribution is 7.14. The summed E-state index contributed by atoms with van der Waals surface area (Å²) in [6, 6.07) is 12.1. The molecule has 0 aliphatic heterocycles. The van der Waals surface area contributed by atoms with Gasteiger partial charge in [0, 0.05) is 23.3 Å². The fraction of sp³-hybridized carbons (Fsp3) is 0.130. The van der Waals surface area contributed by atoms with E-state index < -0.39 is 0 Å². The molecule has 156 valence electrons. The monoisotopic (exact) mass is 450 g/mol. The predicted molar refractivity (Wildman–Crippen MR) is 125 cm³/mol. The van der Waals surface area contributed by atoms with Crippen LogP contribution in [0.25, 0.3) is 17.1 Å². The van der Waals surface area contributed by atoms with Crippen LogP contribution in [0.15, 0.2) is 58.8 Å². The van der Waals surface area contributed by atoms with Crippen molar-refractivity contribution in [2.24, 2.45) is 0 Å². The van der Waals surface area contributed by atoms with Crippen LogP contribution in [0, 0.1) is 20.8 Å². The minimum absolute atomic E-state index is 0.278. The Balaban J connectivity index is 1.59. The first-order valence-electron chi connectivity index (χ1n) is 9.52. The normalized spacial score (nSPS) is 10.8. The summed E-state index contributed by atoms with van der Waals surface area (Å²) in [6.07, 6.45) is 1.48. The Bertz CT molecular complexity index is 1360. The molecule has 0 aliphatic rings. The number of nitrogens with one attached hydrogen (secondary N) is 1. The van der Waals surface area contributed by atoms with Gasteiger partial charge in [-0.25, -0.2) is 4.98 Å². The molecule has 0 saturated carbocycles. The number of hydrogen-bond donors (Lipinski definition) is 1. The fourth-order valence-electron chi connectivity index (χ4n) is 3.01. The number of thiazole rings is 1. The zero-order valence-corrected chi connectivity index (χ0v) is 18.7. The van der Waals surface area contributed by atoms with Gasteiger partial charge in [-0.3, -0.25) is 24.5 Å². The third-order valence-corrected chi connectivity index (χ3v) is 5.93. The minimum Gasteiger partial charge on any atom is -0.298 e. The van der Waals surface area contributed by atoms with Crippen molar-refractivity contribution in [1.29, 1.82) is 0 Å². The van der Waals surface area contributed by atoms with Gasteiger partial charge in [0.2, 0.25) is 0 Å². The number of benzene rings is 1. The van der Waals surface area contributed by atoms with E-state index in [1.165, 1.54) is 34.2 Å². The Kier molecular flexibility index (Phi) is 5.71. The molecule has 4 rings (SSSR count). The molecular weight excluding hydrogens is 432 g/mol. The molecule has 0 saturated heterocycles. The van der Waals surface area contributed by atoms with E-state index in [2.05, 4.69) is 15.3 Å². The van der Waals surface area contributed by atoms with Gasteiger partial charge in [-0.15, -0.1) is 11.3 Å². The summed E-state index contributed by atoms with van der Waals surface area (Å²) in [5.74, 6) is -0.370. The van der Waals surface area contributed by atoms with Crippen LogP contribution in [0.4, 0.5) is 5.13 Å². The fourth-order valence-corrected chi connectivity index (χ4v) is 4.03. The molecule has 1 amide bonds. The number of hydrogen-bond acceptors (Lipinski definition) is 5. The number of aryl methyl sites for hydroxylation is 3. The molecule has 8 heteroatoms. The topological polar surface area (TPSA) is 76.9 Å². The van der Waals surface area contributed by atoms with Crippen LogP contribution in [0.2, 0.25) is 5.02 Å². The average Bonchev–Trinajstić information content (AvgIpc) is 3.19. The number of aromatic nitrogens is 3. The molecule has 0 aliphatic carbocycles. The molecule has 3 heterocycles. The summed E-state index contributed by atoms with van der Waals surface area (Å²) in [7, 11) is 0. The van der Waals surface area contributed by atoms with Crippen LogP contribution < -0.4 is 10.9 Å². The summed E-state index contributed by atoms with van der Waals surface area (Å²) < 4.78 is 1.36. The summed E-state index contributed by atoms with van der Waals surface area (Å²) in [6.45, 7) is 5.86. The largest absolute Gasteiger partial charge is 0.298 e. The van der Waals surface area contributed by atoms with Crippen molar-refractivity contribution in [1.82, 2.24) is 14.5 Å². The molecular formula is C23H19ClN4O2S. The van der Waals surface area contributed by atoms with Gasteiger partial charge in [-0.2, -0.15) is 0 Å². The van der Waals surface area contributed by atoms with Gasteiger partial charge in [-0.1, -0.05) is 23.7 Å². The first-order valence-corrected chi connectivity index (χ1v) is 10.8. The summed E-state index contributed by atoms with van der Waals surface area (Å²) in [5.41, 5.74) is 5.03. The number of pyridine rings is 2. The van der Waals surface area contributed by atoms with Crippen molar-refractivity contribution in [2.75, 3.05) is 5.32 Å². The molecule has 0 spiro atoms. The number of halogens is 1. The maximum absolute atomic E-state index is 12.8. The van der Waals surface area contributed by atoms with Crippen LogP contribution in [0.5, 0.6) is 0 Å². The van der Waals surface area contributed by atoms with Gasteiger partial charge in [0.05, 0.1) is 22.0 Å². The van der Waals surface area contributed by atoms with Gasteiger partial charge >= 0.3 is 0 Å². The molecule has 0 bridgehead atoms. The Labute approximate surface area is 188 Å². The standard InChI is InChI=1S/C23H19ClN4O2S/c1-13-4-8-20(17(24)10-13)28-11-16(6-9-21(28)29)22(30)27-23-26-19(12-31-23)18-7-5-14(2)15(3)25-18/h4-12H,1-3H3,(H,26,27,30). The Morgan fingerprint density at radius 3 is 2.58 bits per heavy atom. The van der Waals surface area contributed by atoms with E-state index in [1.54, 1.807) is 12.1 Å². The maximum atomic E-state index is 12.8. The van der Waals surface area contributed by atoms with E-state index in [4.69, 9.17) is 11.6 Å². The van der Waals surface area contributed by atoms with Gasteiger partial charge < -0.3 is 0 Å². The number of amides is 1. The van der Waals surface area contributed by atoms with Crippen molar-refractivity contribution < 1.29 is 4.79 Å². The lowest BCUT2D eigenvalue weighted by molar-refractivity contribution is 0.102. The molecule has 3 aromatic heterocycles. The van der Waals surface area contributed by atoms with Gasteiger partial charge in [0.25, 0.3) is 11.5 Å². The Morgan fingerprint density at radius 2 is 1.84 bits per heavy atom. The molecule has 0 unspecified atom stereocenters. The zero-order valence-electron chi connectivity index (χ0n) is 17.1. The third kappa shape index (κ3) is 4.42. The SMILES string of the molecule is Cc1ccc(-n2cc(C(=O)Nc3nc(-c4ccc(C)c(C)n4)cs3)ccc2=O)c(Cl)c1. The molecule has 4 aromatic rings. The van der Waals surface area contributed by atoms with Crippen LogP contribution >= 0.6 is 22.9 Å². The van der Waals surface area contributed by atoms with E-state index in [1.807, 2.05) is 44.4 Å². The molecule has 0 radical (unpaired) electrons. The highest BCUT2D eigenvalue weighted by Crippen LogP contribution is 2.25. The number of anilines is 1. The van der Waals surface area contributed by atoms with Crippen LogP contribution in [0.3, 0.4) is 0 Å². The summed E-state index contributed by atoms with van der Waals surface area (Å²) in [4.78, 5) is 34.2. The number of nitrogens with zero attached hydrogens (tertiary/aromatic N) is 3. The van der Waals surface area contributed by atoms with Gasteiger partial charge in [0.1, 0.15) is 5.69 Å². The summed E-state index contributed by atoms with van der Waals surface area (Å²) in [5, 5.41) is 5.52. The van der Waals surface area contributed by atoms with Crippen LogP contribution in [-0.2, 0) is 0 Å². The molecule has 0 atom stereocenters. The molecule has 0 fully saturated rings. The number of carbonyl (C=O) groups excluding carboxylic acids is 1. The van der Waals surface area contributed by atoms with E-state index in [0.717, 1.165) is 22.5 Å². The van der Waals surface area contributed by atoms with Crippen molar-refractivity contribution >= 4 is 34.0 Å². The van der Waals surface area contributed by atoms with Crippen molar-refractivity contribution in [3.8, 4) is 17.1 Å². The van der Waals surface area contributed by atoms with Crippen LogP contribution in [0.1, 0.15) is 27.2 Å². The van der Waals surface area contributed by atoms with Crippen LogP contribution in [-0.4, -0.2) is 20.4 Å². The lowest BCUT2D eigenvalue weighted by atomic mass is 10.2. The second kappa shape index (κ2) is 8.45. The Hall–Kier alpha value is -3.29. The lowest BCUT2D eigenvalue weighted by Crippen LogP contribution is -2.21. The van der Waals surface area contributed by atoms with Gasteiger partial charge in [-0.05, 0) is 56.2 Å². The number of carbonyl (C=O) groups is 1. The van der Waals surface area contributed by atoms with Gasteiger partial charge in [0.15, 0.2) is 5.13 Å². The first-order chi connectivity index (χ1) is 14.8. The molecule has 31 heavy (non-hydrogen) atoms. The highest BCUT2D eigenvalue weighted by atomic mass is 35.5. The Morgan fingerprint density at radius 1 is 1.03 bits per heavy atom. The van der Waals surface area contributed by atoms with Crippen molar-refractivity contribution in [3.63, 3.8) is 0 Å². The number of rotatable bonds is 4. The smallest absolute Gasteiger partial charge is 0.258 e. The highest BCUT2D eigenvalue weighted by Gasteiger charge is 2.14. The first kappa shape index (κ1) is 21.0. The second-order valence-electron chi connectivity index (χ2n) is 7.17. The third-order valence-electron chi connectivity index (χ3n) is 4.87. The van der Waals surface area contributed by atoms with E-state index >= 15 is 0 Å². The average molecular weight is 451 g/mol. The zero-order chi connectivity index (χ0) is 22.1. The van der Waals surface area contributed by atoms with E-state index in [9.17, 15) is 9.59 Å². The van der Waals surface area contributed by atoms with Crippen molar-refractivity contribution in [2.45, 2.75) is 20.8 Å². The maximum Gasteiger partial charge on any atom is 0.258 e. The molecule has 6 nitrogen and oxygen atoms in total. The molecule has 1 N–H and O–H groups in total. The van der Waals surface area contributed by atoms with E-state index in [-0.39, 0.29) is 11.5 Å². The second-order valence-corrected chi connectivity index (χ2v) is 8.44. The predicted octanol–water partition coefficient (Wildman–Crippen LogP) is 5.19. The summed E-state index contributed by atoms with van der Waals surface area (Å²) >= 11 is 7.62. The van der Waals surface area contributed by atoms with E-state index in [0.29, 0.717) is 27.1 Å². The quantitative estimate of drug-likeness (QED) is 0.464. The van der Waals surface area contributed by atoms with Crippen molar-refractivity contribution in [3.05, 3.63) is 91.8 Å². The minimum atomic E-state index is -0.370. The lowest BCUT2D eigenvalue weighted by Gasteiger charge is -2.10. The molecule has 1 aromatic carbocycles.